The van der Waals surface area contributed by atoms with Crippen molar-refractivity contribution in [3.63, 3.8) is 0 Å². The summed E-state index contributed by atoms with van der Waals surface area (Å²) < 4.78 is 23.3. The molecule has 2 aromatic heterocycles. The number of hydrogen-bond donors (Lipinski definition) is 2. The zero-order valence-corrected chi connectivity index (χ0v) is 19.8. The number of phenols is 1. The minimum atomic E-state index is -2.35. The molecule has 2 N–H and O–H groups in total. The van der Waals surface area contributed by atoms with Gasteiger partial charge in [0.1, 0.15) is 11.4 Å². The van der Waals surface area contributed by atoms with Crippen molar-refractivity contribution in [3.05, 3.63) is 36.8 Å². The fourth-order valence-electron chi connectivity index (χ4n) is 4.66. The molecule has 9 heteroatoms. The average Bonchev–Trinajstić information content (AvgIpc) is 3.22. The van der Waals surface area contributed by atoms with Crippen LogP contribution < -0.4 is 10.2 Å². The fourth-order valence-corrected chi connectivity index (χ4v) is 4.66. The van der Waals surface area contributed by atoms with Crippen LogP contribution in [0.3, 0.4) is 0 Å². The van der Waals surface area contributed by atoms with E-state index < -0.39 is 6.98 Å². The van der Waals surface area contributed by atoms with Gasteiger partial charge in [-0.15, -0.1) is 22.6 Å². The maximum absolute atomic E-state index is 10.6. The van der Waals surface area contributed by atoms with E-state index in [1.807, 2.05) is 7.05 Å². The lowest BCUT2D eigenvalue weighted by molar-refractivity contribution is 0.160. The summed E-state index contributed by atoms with van der Waals surface area (Å²) in [4.78, 5) is 6.60. The van der Waals surface area contributed by atoms with E-state index in [0.717, 1.165) is 17.5 Å². The number of benzene rings is 1. The number of aryl methyl sites for hydroxylation is 1. The van der Waals surface area contributed by atoms with Crippen LogP contribution >= 0.6 is 12.4 Å². The molecule has 3 heterocycles. The van der Waals surface area contributed by atoms with Gasteiger partial charge in [0, 0.05) is 52.6 Å². The first-order valence-corrected chi connectivity index (χ1v) is 10.3. The second kappa shape index (κ2) is 8.67. The van der Waals surface area contributed by atoms with Crippen molar-refractivity contribution in [1.82, 2.24) is 30.3 Å². The lowest BCUT2D eigenvalue weighted by Gasteiger charge is -2.48. The van der Waals surface area contributed by atoms with Gasteiger partial charge in [-0.2, -0.15) is 5.10 Å². The summed E-state index contributed by atoms with van der Waals surface area (Å²) in [7, 11) is 1.99. The van der Waals surface area contributed by atoms with Gasteiger partial charge >= 0.3 is 0 Å². The van der Waals surface area contributed by atoms with Crippen LogP contribution in [-0.4, -0.2) is 54.2 Å². The standard InChI is InChI=1S/C23H31N7O.ClH/c1-22(2)10-17(11-23(3,4)28-22)30(6)21-24-13-19(26-27-21)18-8-7-15(9-20(18)31)16-12-25-29(5)14-16;/h7-9,12-14,17,28,31H,10-11H2,1-6H3;1H/i5D3;. The van der Waals surface area contributed by atoms with Crippen LogP contribution in [0.4, 0.5) is 5.95 Å². The molecule has 1 aliphatic heterocycles. The first kappa shape index (κ1) is 19.9. The zero-order valence-electron chi connectivity index (χ0n) is 22.0. The first-order valence-electron chi connectivity index (χ1n) is 11.8. The molecular weight excluding hydrogens is 426 g/mol. The van der Waals surface area contributed by atoms with Crippen LogP contribution in [0.5, 0.6) is 5.75 Å². The molecule has 172 valence electrons. The van der Waals surface area contributed by atoms with Crippen LogP contribution in [0.25, 0.3) is 22.4 Å². The molecule has 0 aliphatic carbocycles. The molecule has 0 amide bonds. The summed E-state index contributed by atoms with van der Waals surface area (Å²) in [5.41, 5.74) is 2.18. The lowest BCUT2D eigenvalue weighted by atomic mass is 9.79. The predicted octanol–water partition coefficient (Wildman–Crippen LogP) is 3.81. The highest BCUT2D eigenvalue weighted by Gasteiger charge is 2.39. The van der Waals surface area contributed by atoms with Crippen molar-refractivity contribution >= 4 is 18.4 Å². The number of nitrogens with one attached hydrogen (secondary N) is 1. The SMILES string of the molecule is Cl.[2H]C([2H])([2H])n1cc(-c2ccc(-c3cnc(N(C)C4CC(C)(C)NC(C)(C)C4)nn3)c(O)c2)cn1. The van der Waals surface area contributed by atoms with Crippen molar-refractivity contribution in [2.45, 2.75) is 57.7 Å². The van der Waals surface area contributed by atoms with Crippen molar-refractivity contribution in [2.75, 3.05) is 11.9 Å². The first-order chi connectivity index (χ1) is 15.7. The topological polar surface area (TPSA) is 92.0 Å². The third kappa shape index (κ3) is 5.02. The van der Waals surface area contributed by atoms with Crippen LogP contribution in [-0.2, 0) is 6.98 Å². The number of halogens is 1. The molecule has 4 rings (SSSR count). The third-order valence-corrected chi connectivity index (χ3v) is 5.77. The maximum atomic E-state index is 10.6. The minimum Gasteiger partial charge on any atom is -0.507 e. The maximum Gasteiger partial charge on any atom is 0.245 e. The average molecular weight is 461 g/mol. The summed E-state index contributed by atoms with van der Waals surface area (Å²) in [6.45, 7) is 6.47. The number of hydrogen-bond acceptors (Lipinski definition) is 7. The molecule has 0 bridgehead atoms. The van der Waals surface area contributed by atoms with Gasteiger partial charge in [-0.05, 0) is 58.2 Å². The Morgan fingerprint density at radius 3 is 2.41 bits per heavy atom. The second-order valence-corrected chi connectivity index (χ2v) is 9.61. The van der Waals surface area contributed by atoms with Crippen molar-refractivity contribution < 1.29 is 9.22 Å². The molecule has 0 unspecified atom stereocenters. The Bertz CT molecular complexity index is 1160. The van der Waals surface area contributed by atoms with E-state index in [9.17, 15) is 5.11 Å². The number of rotatable bonds is 4. The highest BCUT2D eigenvalue weighted by molar-refractivity contribution is 5.85. The highest BCUT2D eigenvalue weighted by Crippen LogP contribution is 2.34. The van der Waals surface area contributed by atoms with Gasteiger partial charge in [0.05, 0.1) is 12.4 Å². The van der Waals surface area contributed by atoms with E-state index in [4.69, 9.17) is 4.11 Å². The Morgan fingerprint density at radius 1 is 1.12 bits per heavy atom. The van der Waals surface area contributed by atoms with E-state index in [1.165, 1.54) is 12.4 Å². The molecule has 3 aromatic rings. The molecule has 1 fully saturated rings. The van der Waals surface area contributed by atoms with Crippen LogP contribution in [0.15, 0.2) is 36.8 Å². The molecule has 1 saturated heterocycles. The summed E-state index contributed by atoms with van der Waals surface area (Å²) in [5, 5.41) is 26.8. The Labute approximate surface area is 199 Å². The number of nitrogens with zero attached hydrogens (tertiary/aromatic N) is 6. The normalized spacial score (nSPS) is 19.3. The van der Waals surface area contributed by atoms with Gasteiger partial charge in [-0.25, -0.2) is 4.98 Å². The number of piperidine rings is 1. The molecule has 0 saturated carbocycles. The van der Waals surface area contributed by atoms with Crippen LogP contribution in [0.2, 0.25) is 0 Å². The number of aromatic nitrogens is 5. The van der Waals surface area contributed by atoms with E-state index >= 15 is 0 Å². The molecule has 8 nitrogen and oxygen atoms in total. The summed E-state index contributed by atoms with van der Waals surface area (Å²) in [6, 6.07) is 5.31. The van der Waals surface area contributed by atoms with Crippen LogP contribution in [0.1, 0.15) is 44.6 Å². The molecule has 0 radical (unpaired) electrons. The van der Waals surface area contributed by atoms with Gasteiger partial charge in [0.2, 0.25) is 5.95 Å². The smallest absolute Gasteiger partial charge is 0.245 e. The molecule has 1 aliphatic rings. The largest absolute Gasteiger partial charge is 0.507 e. The zero-order chi connectivity index (χ0) is 24.9. The number of phenolic OH excluding ortho intramolecular Hbond substituents is 1. The fraction of sp³-hybridized carbons (Fsp3) is 0.478. The van der Waals surface area contributed by atoms with Crippen molar-refractivity contribution in [3.8, 4) is 28.1 Å². The lowest BCUT2D eigenvalue weighted by Crippen LogP contribution is -2.62. The predicted molar refractivity (Wildman–Crippen MR) is 129 cm³/mol. The molecule has 1 aromatic carbocycles. The Kier molecular flexibility index (Phi) is 5.40. The van der Waals surface area contributed by atoms with E-state index in [2.05, 4.69) is 58.2 Å². The number of aromatic hydroxyl groups is 1. The van der Waals surface area contributed by atoms with Gasteiger partial charge in [-0.3, -0.25) is 4.68 Å². The summed E-state index contributed by atoms with van der Waals surface area (Å²) in [5.74, 6) is 0.536. The Hall–Kier alpha value is -2.71. The van der Waals surface area contributed by atoms with Gasteiger partial charge < -0.3 is 15.3 Å². The van der Waals surface area contributed by atoms with E-state index in [-0.39, 0.29) is 35.3 Å². The number of anilines is 1. The molecule has 32 heavy (non-hydrogen) atoms. The molecule has 0 spiro atoms. The van der Waals surface area contributed by atoms with Gasteiger partial charge in [0.15, 0.2) is 0 Å². The highest BCUT2D eigenvalue weighted by atomic mass is 35.5. The van der Waals surface area contributed by atoms with Crippen molar-refractivity contribution in [1.29, 1.82) is 0 Å². The van der Waals surface area contributed by atoms with E-state index in [1.54, 1.807) is 24.4 Å². The van der Waals surface area contributed by atoms with Gasteiger partial charge in [0.25, 0.3) is 0 Å². The second-order valence-electron chi connectivity index (χ2n) is 9.61. The van der Waals surface area contributed by atoms with Crippen LogP contribution in [0, 0.1) is 0 Å². The minimum absolute atomic E-state index is 0. The molecular formula is C23H32ClN7O. The monoisotopic (exact) mass is 460 g/mol. The van der Waals surface area contributed by atoms with Crippen molar-refractivity contribution in [2.24, 2.45) is 6.98 Å². The molecule has 0 atom stereocenters. The third-order valence-electron chi connectivity index (χ3n) is 5.77. The quantitative estimate of drug-likeness (QED) is 0.611. The van der Waals surface area contributed by atoms with E-state index in [0.29, 0.717) is 28.3 Å². The summed E-state index contributed by atoms with van der Waals surface area (Å²) >= 11 is 0. The van der Waals surface area contributed by atoms with Gasteiger partial charge in [-0.1, -0.05) is 6.07 Å². The Balaban J connectivity index is 0.00000342. The Morgan fingerprint density at radius 2 is 1.84 bits per heavy atom. The summed E-state index contributed by atoms with van der Waals surface area (Å²) in [6.07, 6.45) is 6.40.